The van der Waals surface area contributed by atoms with Crippen molar-refractivity contribution in [2.24, 2.45) is 0 Å². The Balaban J connectivity index is 2.06. The summed E-state index contributed by atoms with van der Waals surface area (Å²) in [6.07, 6.45) is 4.84. The number of nitrogens with one attached hydrogen (secondary N) is 1. The average Bonchev–Trinajstić information content (AvgIpc) is 2.98. The van der Waals surface area contributed by atoms with Crippen LogP contribution in [0.15, 0.2) is 36.8 Å². The Hall–Kier alpha value is -1.81. The highest BCUT2D eigenvalue weighted by Crippen LogP contribution is 2.25. The van der Waals surface area contributed by atoms with Crippen molar-refractivity contribution in [3.8, 4) is 5.75 Å². The number of imidazole rings is 1. The number of rotatable bonds is 8. The Bertz CT molecular complexity index is 550. The molecule has 0 aliphatic rings. The second kappa shape index (κ2) is 7.84. The fraction of sp³-hybridized carbons (Fsp3) is 0.471. The van der Waals surface area contributed by atoms with Crippen LogP contribution in [0.5, 0.6) is 5.75 Å². The zero-order valence-corrected chi connectivity index (χ0v) is 13.2. The van der Waals surface area contributed by atoms with Crippen LogP contribution >= 0.6 is 0 Å². The molecule has 0 fully saturated rings. The molecule has 4 heteroatoms. The quantitative estimate of drug-likeness (QED) is 0.807. The first-order valence-corrected chi connectivity index (χ1v) is 7.70. The number of nitrogens with zero attached hydrogens (tertiary/aromatic N) is 2. The van der Waals surface area contributed by atoms with Crippen molar-refractivity contribution < 1.29 is 4.74 Å². The van der Waals surface area contributed by atoms with Gasteiger partial charge in [-0.25, -0.2) is 4.98 Å². The van der Waals surface area contributed by atoms with E-state index in [4.69, 9.17) is 4.74 Å². The summed E-state index contributed by atoms with van der Waals surface area (Å²) in [6, 6.07) is 8.52. The van der Waals surface area contributed by atoms with Crippen LogP contribution in [0.1, 0.15) is 44.5 Å². The molecule has 0 spiro atoms. The zero-order chi connectivity index (χ0) is 15.1. The lowest BCUT2D eigenvalue weighted by molar-refractivity contribution is 0.289. The topological polar surface area (TPSA) is 39.1 Å². The third kappa shape index (κ3) is 4.08. The Morgan fingerprint density at radius 2 is 2.10 bits per heavy atom. The van der Waals surface area contributed by atoms with E-state index >= 15 is 0 Å². The van der Waals surface area contributed by atoms with Gasteiger partial charge in [0.2, 0.25) is 0 Å². The molecule has 0 saturated carbocycles. The monoisotopic (exact) mass is 287 g/mol. The van der Waals surface area contributed by atoms with E-state index in [2.05, 4.69) is 47.8 Å². The summed E-state index contributed by atoms with van der Waals surface area (Å²) in [7, 11) is 0. The van der Waals surface area contributed by atoms with Gasteiger partial charge in [-0.05, 0) is 32.9 Å². The first-order chi connectivity index (χ1) is 10.3. The van der Waals surface area contributed by atoms with Crippen LogP contribution in [0.2, 0.25) is 0 Å². The molecule has 0 bridgehead atoms. The summed E-state index contributed by atoms with van der Waals surface area (Å²) in [6.45, 7) is 8.93. The molecular weight excluding hydrogens is 262 g/mol. The summed E-state index contributed by atoms with van der Waals surface area (Å²) in [5, 5.41) is 3.51. The summed E-state index contributed by atoms with van der Waals surface area (Å²) in [5.74, 6) is 0.942. The molecule has 1 aromatic heterocycles. The van der Waals surface area contributed by atoms with Crippen molar-refractivity contribution in [2.45, 2.75) is 46.4 Å². The molecule has 1 atom stereocenters. The van der Waals surface area contributed by atoms with Gasteiger partial charge in [-0.15, -0.1) is 0 Å². The minimum Gasteiger partial charge on any atom is -0.487 e. The van der Waals surface area contributed by atoms with Crippen LogP contribution < -0.4 is 10.1 Å². The standard InChI is InChI=1S/C17H25N3O/c1-4-10-19-14(3)16-8-6-7-9-17(16)21-12-15-11-18-13-20(15)5-2/h6-9,11,13-14,19H,4-5,10,12H2,1-3H3. The maximum Gasteiger partial charge on any atom is 0.130 e. The van der Waals surface area contributed by atoms with Crippen LogP contribution in [0.3, 0.4) is 0 Å². The number of ether oxygens (including phenoxy) is 1. The Morgan fingerprint density at radius 1 is 1.29 bits per heavy atom. The first kappa shape index (κ1) is 15.6. The molecule has 1 N–H and O–H groups in total. The molecule has 114 valence electrons. The Morgan fingerprint density at radius 3 is 2.86 bits per heavy atom. The lowest BCUT2D eigenvalue weighted by atomic mass is 10.1. The van der Waals surface area contributed by atoms with Gasteiger partial charge >= 0.3 is 0 Å². The van der Waals surface area contributed by atoms with Crippen LogP contribution in [-0.2, 0) is 13.2 Å². The molecule has 0 aliphatic carbocycles. The maximum absolute atomic E-state index is 6.02. The minimum atomic E-state index is 0.289. The van der Waals surface area contributed by atoms with E-state index in [0.29, 0.717) is 6.61 Å². The third-order valence-corrected chi connectivity index (χ3v) is 3.60. The van der Waals surface area contributed by atoms with Gasteiger partial charge in [0.25, 0.3) is 0 Å². The number of benzene rings is 1. The molecule has 0 aliphatic heterocycles. The highest BCUT2D eigenvalue weighted by Gasteiger charge is 2.11. The predicted molar refractivity (Wildman–Crippen MR) is 85.4 cm³/mol. The molecule has 21 heavy (non-hydrogen) atoms. The van der Waals surface area contributed by atoms with Gasteiger partial charge in [-0.2, -0.15) is 0 Å². The first-order valence-electron chi connectivity index (χ1n) is 7.70. The van der Waals surface area contributed by atoms with Gasteiger partial charge in [0, 0.05) is 18.2 Å². The summed E-state index contributed by atoms with van der Waals surface area (Å²) < 4.78 is 8.12. The molecule has 0 saturated heterocycles. The molecule has 4 nitrogen and oxygen atoms in total. The van der Waals surface area contributed by atoms with Gasteiger partial charge in [-0.1, -0.05) is 25.1 Å². The van der Waals surface area contributed by atoms with Gasteiger partial charge in [0.15, 0.2) is 0 Å². The molecular formula is C17H25N3O. The number of para-hydroxylation sites is 1. The molecule has 2 aromatic rings. The summed E-state index contributed by atoms with van der Waals surface area (Å²) in [5.41, 5.74) is 2.30. The van der Waals surface area contributed by atoms with Crippen LogP contribution in [-0.4, -0.2) is 16.1 Å². The second-order valence-electron chi connectivity index (χ2n) is 5.17. The van der Waals surface area contributed by atoms with Crippen molar-refractivity contribution in [2.75, 3.05) is 6.54 Å². The molecule has 2 rings (SSSR count). The van der Waals surface area contributed by atoms with E-state index < -0.39 is 0 Å². The minimum absolute atomic E-state index is 0.289. The highest BCUT2D eigenvalue weighted by molar-refractivity contribution is 5.35. The van der Waals surface area contributed by atoms with Gasteiger partial charge in [-0.3, -0.25) is 0 Å². The molecule has 0 amide bonds. The lowest BCUT2D eigenvalue weighted by Crippen LogP contribution is -2.20. The normalized spacial score (nSPS) is 12.3. The van der Waals surface area contributed by atoms with Crippen molar-refractivity contribution in [3.63, 3.8) is 0 Å². The van der Waals surface area contributed by atoms with Crippen LogP contribution in [0, 0.1) is 0 Å². The Kier molecular flexibility index (Phi) is 5.81. The SMILES string of the molecule is CCCNC(C)c1ccccc1OCc1cncn1CC. The van der Waals surface area contributed by atoms with Crippen LogP contribution in [0.25, 0.3) is 0 Å². The van der Waals surface area contributed by atoms with Gasteiger partial charge in [0.1, 0.15) is 12.4 Å². The van der Waals surface area contributed by atoms with E-state index in [9.17, 15) is 0 Å². The van der Waals surface area contributed by atoms with Crippen molar-refractivity contribution >= 4 is 0 Å². The zero-order valence-electron chi connectivity index (χ0n) is 13.2. The van der Waals surface area contributed by atoms with E-state index in [1.54, 1.807) is 0 Å². The number of aromatic nitrogens is 2. The van der Waals surface area contributed by atoms with E-state index in [1.165, 1.54) is 5.56 Å². The number of aryl methyl sites for hydroxylation is 1. The van der Waals surface area contributed by atoms with E-state index in [1.807, 2.05) is 24.7 Å². The highest BCUT2D eigenvalue weighted by atomic mass is 16.5. The number of hydrogen-bond donors (Lipinski definition) is 1. The fourth-order valence-electron chi connectivity index (χ4n) is 2.35. The summed E-state index contributed by atoms with van der Waals surface area (Å²) in [4.78, 5) is 4.17. The largest absolute Gasteiger partial charge is 0.487 e. The Labute approximate surface area is 127 Å². The second-order valence-corrected chi connectivity index (χ2v) is 5.17. The van der Waals surface area contributed by atoms with Gasteiger partial charge in [0.05, 0.1) is 18.2 Å². The third-order valence-electron chi connectivity index (χ3n) is 3.60. The van der Waals surface area contributed by atoms with E-state index in [0.717, 1.165) is 31.0 Å². The lowest BCUT2D eigenvalue weighted by Gasteiger charge is -2.18. The molecule has 1 unspecified atom stereocenters. The smallest absolute Gasteiger partial charge is 0.130 e. The van der Waals surface area contributed by atoms with Gasteiger partial charge < -0.3 is 14.6 Å². The number of hydrogen-bond acceptors (Lipinski definition) is 3. The average molecular weight is 287 g/mol. The summed E-state index contributed by atoms with van der Waals surface area (Å²) >= 11 is 0. The molecule has 0 radical (unpaired) electrons. The molecule has 1 heterocycles. The van der Waals surface area contributed by atoms with E-state index in [-0.39, 0.29) is 6.04 Å². The molecule has 1 aromatic carbocycles. The van der Waals surface area contributed by atoms with Crippen molar-refractivity contribution in [3.05, 3.63) is 48.0 Å². The fourth-order valence-corrected chi connectivity index (χ4v) is 2.35. The predicted octanol–water partition coefficient (Wildman–Crippen LogP) is 3.54. The van der Waals surface area contributed by atoms with Crippen molar-refractivity contribution in [1.29, 1.82) is 0 Å². The van der Waals surface area contributed by atoms with Crippen LogP contribution in [0.4, 0.5) is 0 Å². The van der Waals surface area contributed by atoms with Crippen molar-refractivity contribution in [1.82, 2.24) is 14.9 Å². The maximum atomic E-state index is 6.02.